The van der Waals surface area contributed by atoms with Gasteiger partial charge in [-0.2, -0.15) is 0 Å². The molecule has 1 aliphatic rings. The van der Waals surface area contributed by atoms with Crippen molar-refractivity contribution in [3.05, 3.63) is 36.2 Å². The zero-order valence-corrected chi connectivity index (χ0v) is 15.3. The molecule has 3 heteroatoms. The lowest BCUT2D eigenvalue weighted by Crippen LogP contribution is -2.38. The lowest BCUT2D eigenvalue weighted by molar-refractivity contribution is 0.100. The molecular formula is C21H34N2O. The minimum absolute atomic E-state index is 0.0994. The van der Waals surface area contributed by atoms with Crippen LogP contribution in [0.5, 0.6) is 0 Å². The van der Waals surface area contributed by atoms with Gasteiger partial charge in [0.05, 0.1) is 11.8 Å². The van der Waals surface area contributed by atoms with Gasteiger partial charge in [-0.15, -0.1) is 0 Å². The molecule has 0 saturated heterocycles. The summed E-state index contributed by atoms with van der Waals surface area (Å²) in [5.41, 5.74) is 7.28. The van der Waals surface area contributed by atoms with Gasteiger partial charge < -0.3 is 10.8 Å². The van der Waals surface area contributed by atoms with E-state index in [2.05, 4.69) is 31.0 Å². The highest BCUT2D eigenvalue weighted by Gasteiger charge is 2.24. The quantitative estimate of drug-likeness (QED) is 0.742. The molecule has 0 unspecified atom stereocenters. The largest absolute Gasteiger partial charge is 0.391 e. The Morgan fingerprint density at radius 3 is 2.62 bits per heavy atom. The van der Waals surface area contributed by atoms with Gasteiger partial charge in [-0.1, -0.05) is 58.1 Å². The zero-order chi connectivity index (χ0) is 17.4. The van der Waals surface area contributed by atoms with Gasteiger partial charge in [-0.25, -0.2) is 0 Å². The normalized spacial score (nSPS) is 20.4. The molecule has 24 heavy (non-hydrogen) atoms. The van der Waals surface area contributed by atoms with Crippen molar-refractivity contribution in [1.82, 2.24) is 4.98 Å². The monoisotopic (exact) mass is 330 g/mol. The van der Waals surface area contributed by atoms with Gasteiger partial charge in [0.2, 0.25) is 0 Å². The Morgan fingerprint density at radius 1 is 1.25 bits per heavy atom. The molecule has 0 aliphatic heterocycles. The summed E-state index contributed by atoms with van der Waals surface area (Å²) in [5, 5.41) is 10.6. The van der Waals surface area contributed by atoms with Gasteiger partial charge in [-0.05, 0) is 48.8 Å². The van der Waals surface area contributed by atoms with Gasteiger partial charge in [0.1, 0.15) is 0 Å². The van der Waals surface area contributed by atoms with E-state index < -0.39 is 6.10 Å². The molecule has 2 rings (SSSR count). The maximum atomic E-state index is 10.6. The van der Waals surface area contributed by atoms with E-state index in [-0.39, 0.29) is 6.04 Å². The number of hydrogen-bond acceptors (Lipinski definition) is 3. The van der Waals surface area contributed by atoms with E-state index in [1.54, 1.807) is 6.20 Å². The fraction of sp³-hybridized carbons (Fsp3) is 0.667. The fourth-order valence-corrected chi connectivity index (χ4v) is 3.69. The number of aliphatic hydroxyl groups excluding tert-OH is 1. The highest BCUT2D eigenvalue weighted by molar-refractivity contribution is 5.44. The Labute approximate surface area is 147 Å². The lowest BCUT2D eigenvalue weighted by atomic mass is 9.81. The van der Waals surface area contributed by atoms with Gasteiger partial charge in [0.25, 0.3) is 0 Å². The predicted molar refractivity (Wildman–Crippen MR) is 101 cm³/mol. The Kier molecular flexibility index (Phi) is 7.93. The smallest absolute Gasteiger partial charge is 0.0696 e. The first kappa shape index (κ1) is 19.1. The Hall–Kier alpha value is -1.19. The van der Waals surface area contributed by atoms with Crippen LogP contribution in [0.15, 0.2) is 30.5 Å². The first-order valence-electron chi connectivity index (χ1n) is 9.59. The van der Waals surface area contributed by atoms with Crippen LogP contribution in [0.2, 0.25) is 0 Å². The van der Waals surface area contributed by atoms with Crippen molar-refractivity contribution in [2.75, 3.05) is 0 Å². The molecule has 1 fully saturated rings. The molecule has 1 aromatic rings. The van der Waals surface area contributed by atoms with E-state index in [1.807, 2.05) is 18.2 Å². The van der Waals surface area contributed by atoms with Crippen LogP contribution in [0.25, 0.3) is 6.08 Å². The number of aliphatic hydroxyl groups is 1. The summed E-state index contributed by atoms with van der Waals surface area (Å²) < 4.78 is 0. The van der Waals surface area contributed by atoms with Crippen LogP contribution in [0.3, 0.4) is 0 Å². The van der Waals surface area contributed by atoms with E-state index in [0.717, 1.165) is 18.5 Å². The topological polar surface area (TPSA) is 59.1 Å². The van der Waals surface area contributed by atoms with E-state index in [0.29, 0.717) is 17.8 Å². The number of rotatable bonds is 8. The van der Waals surface area contributed by atoms with Gasteiger partial charge >= 0.3 is 0 Å². The number of aromatic nitrogens is 1. The maximum absolute atomic E-state index is 10.6. The van der Waals surface area contributed by atoms with Gasteiger partial charge in [-0.3, -0.25) is 4.98 Å². The minimum Gasteiger partial charge on any atom is -0.391 e. The average molecular weight is 331 g/mol. The molecule has 134 valence electrons. The van der Waals surface area contributed by atoms with Crippen LogP contribution >= 0.6 is 0 Å². The summed E-state index contributed by atoms with van der Waals surface area (Å²) >= 11 is 0. The van der Waals surface area contributed by atoms with E-state index in [9.17, 15) is 5.11 Å². The summed E-state index contributed by atoms with van der Waals surface area (Å²) in [6.07, 6.45) is 13.9. The SMILES string of the molecule is CC(C)[C@@H](C=Cc1ccccn1)C[C@H](O)[C@@H](N)CC1CCCCC1. The third-order valence-electron chi connectivity index (χ3n) is 5.40. The summed E-state index contributed by atoms with van der Waals surface area (Å²) in [6.45, 7) is 4.40. The minimum atomic E-state index is -0.423. The highest BCUT2D eigenvalue weighted by Crippen LogP contribution is 2.29. The number of nitrogens with two attached hydrogens (primary N) is 1. The fourth-order valence-electron chi connectivity index (χ4n) is 3.69. The van der Waals surface area contributed by atoms with Crippen molar-refractivity contribution >= 4 is 6.08 Å². The summed E-state index contributed by atoms with van der Waals surface area (Å²) in [7, 11) is 0. The van der Waals surface area contributed by atoms with Gasteiger partial charge in [0, 0.05) is 12.2 Å². The summed E-state index contributed by atoms with van der Waals surface area (Å²) in [6, 6.07) is 5.81. The standard InChI is InChI=1S/C21H34N2O/c1-16(2)18(11-12-19-10-6-7-13-23-19)15-21(24)20(22)14-17-8-4-3-5-9-17/h6-7,10-13,16-18,20-21,24H,3-5,8-9,14-15,22H2,1-2H3/t18-,20-,21-/m0/s1. The second-order valence-electron chi connectivity index (χ2n) is 7.73. The van der Waals surface area contributed by atoms with E-state index in [4.69, 9.17) is 5.73 Å². The lowest BCUT2D eigenvalue weighted by Gasteiger charge is -2.29. The van der Waals surface area contributed by atoms with Crippen molar-refractivity contribution in [3.63, 3.8) is 0 Å². The molecule has 3 atom stereocenters. The average Bonchev–Trinajstić information content (AvgIpc) is 2.59. The number of nitrogens with zero attached hydrogens (tertiary/aromatic N) is 1. The molecule has 0 aromatic carbocycles. The Bertz CT molecular complexity index is 480. The molecule has 1 heterocycles. The van der Waals surface area contributed by atoms with E-state index in [1.165, 1.54) is 32.1 Å². The molecule has 3 nitrogen and oxygen atoms in total. The number of allylic oxidation sites excluding steroid dienone is 1. The Balaban J connectivity index is 1.87. The molecule has 3 N–H and O–H groups in total. The van der Waals surface area contributed by atoms with Crippen LogP contribution in [0.4, 0.5) is 0 Å². The van der Waals surface area contributed by atoms with Gasteiger partial charge in [0.15, 0.2) is 0 Å². The van der Waals surface area contributed by atoms with Crippen LogP contribution in [-0.4, -0.2) is 22.2 Å². The number of hydrogen-bond donors (Lipinski definition) is 2. The maximum Gasteiger partial charge on any atom is 0.0696 e. The van der Waals surface area contributed by atoms with Crippen LogP contribution in [-0.2, 0) is 0 Å². The zero-order valence-electron chi connectivity index (χ0n) is 15.3. The van der Waals surface area contributed by atoms with Crippen LogP contribution in [0, 0.1) is 17.8 Å². The highest BCUT2D eigenvalue weighted by atomic mass is 16.3. The van der Waals surface area contributed by atoms with Crippen molar-refractivity contribution < 1.29 is 5.11 Å². The summed E-state index contributed by atoms with van der Waals surface area (Å²) in [5.74, 6) is 1.51. The van der Waals surface area contributed by atoms with E-state index >= 15 is 0 Å². The van der Waals surface area contributed by atoms with Crippen molar-refractivity contribution in [3.8, 4) is 0 Å². The molecule has 1 saturated carbocycles. The van der Waals surface area contributed by atoms with Crippen molar-refractivity contribution in [1.29, 1.82) is 0 Å². The first-order chi connectivity index (χ1) is 11.6. The summed E-state index contributed by atoms with van der Waals surface area (Å²) in [4.78, 5) is 4.33. The Morgan fingerprint density at radius 2 is 2.00 bits per heavy atom. The van der Waals surface area contributed by atoms with Crippen LogP contribution in [0.1, 0.15) is 64.5 Å². The van der Waals surface area contributed by atoms with Crippen molar-refractivity contribution in [2.45, 2.75) is 70.9 Å². The second kappa shape index (κ2) is 9.95. The van der Waals surface area contributed by atoms with Crippen LogP contribution < -0.4 is 5.73 Å². The third kappa shape index (κ3) is 6.37. The predicted octanol–water partition coefficient (Wildman–Crippen LogP) is 4.42. The molecule has 0 amide bonds. The first-order valence-corrected chi connectivity index (χ1v) is 9.59. The molecule has 0 radical (unpaired) electrons. The number of pyridine rings is 1. The van der Waals surface area contributed by atoms with Crippen molar-refractivity contribution in [2.24, 2.45) is 23.5 Å². The molecule has 0 bridgehead atoms. The third-order valence-corrected chi connectivity index (χ3v) is 5.40. The molecule has 1 aromatic heterocycles. The second-order valence-corrected chi connectivity index (χ2v) is 7.73. The molecule has 1 aliphatic carbocycles. The molecule has 0 spiro atoms. The molecular weight excluding hydrogens is 296 g/mol.